The zero-order valence-corrected chi connectivity index (χ0v) is 12.9. The minimum absolute atomic E-state index is 0.0832. The lowest BCUT2D eigenvalue weighted by molar-refractivity contribution is 0.0573. The number of hydrogen-bond acceptors (Lipinski definition) is 3. The average molecular weight is 313 g/mol. The molecular formula is C18H19NO4. The summed E-state index contributed by atoms with van der Waals surface area (Å²) in [5, 5.41) is 8.88. The molecule has 1 fully saturated rings. The van der Waals surface area contributed by atoms with Crippen LogP contribution in [0.4, 0.5) is 0 Å². The lowest BCUT2D eigenvalue weighted by atomic mass is 9.86. The standard InChI is InChI=1S/C18H19NO4/c1-12-11-14(13-5-3-2-4-6-13)9-10-19(12)17(20)15-7-8-16(23-15)18(21)22/h2-8,12,14H,9-11H2,1H3,(H,21,22). The van der Waals surface area contributed by atoms with Crippen LogP contribution in [0.15, 0.2) is 46.9 Å². The van der Waals surface area contributed by atoms with Crippen molar-refractivity contribution in [3.8, 4) is 0 Å². The van der Waals surface area contributed by atoms with Crippen LogP contribution >= 0.6 is 0 Å². The molecule has 1 aliphatic heterocycles. The van der Waals surface area contributed by atoms with Crippen molar-refractivity contribution >= 4 is 11.9 Å². The van der Waals surface area contributed by atoms with Crippen LogP contribution in [0.2, 0.25) is 0 Å². The van der Waals surface area contributed by atoms with Gasteiger partial charge in [0, 0.05) is 12.6 Å². The summed E-state index contributed by atoms with van der Waals surface area (Å²) in [6, 6.07) is 13.2. The molecule has 0 radical (unpaired) electrons. The van der Waals surface area contributed by atoms with Crippen molar-refractivity contribution in [2.24, 2.45) is 0 Å². The van der Waals surface area contributed by atoms with E-state index in [0.717, 1.165) is 12.8 Å². The summed E-state index contributed by atoms with van der Waals surface area (Å²) >= 11 is 0. The Morgan fingerprint density at radius 2 is 1.83 bits per heavy atom. The maximum Gasteiger partial charge on any atom is 0.371 e. The maximum absolute atomic E-state index is 12.5. The summed E-state index contributed by atoms with van der Waals surface area (Å²) in [7, 11) is 0. The number of rotatable bonds is 3. The highest BCUT2D eigenvalue weighted by molar-refractivity contribution is 5.93. The number of benzene rings is 1. The van der Waals surface area contributed by atoms with E-state index in [-0.39, 0.29) is 23.5 Å². The van der Waals surface area contributed by atoms with Crippen LogP contribution in [0.1, 0.15) is 52.4 Å². The van der Waals surface area contributed by atoms with Gasteiger partial charge in [-0.2, -0.15) is 0 Å². The fraction of sp³-hybridized carbons (Fsp3) is 0.333. The number of carboxylic acid groups (broad SMARTS) is 1. The quantitative estimate of drug-likeness (QED) is 0.943. The lowest BCUT2D eigenvalue weighted by Gasteiger charge is -2.37. The molecule has 1 N–H and O–H groups in total. The van der Waals surface area contributed by atoms with Gasteiger partial charge in [-0.25, -0.2) is 4.79 Å². The van der Waals surface area contributed by atoms with Crippen molar-refractivity contribution < 1.29 is 19.1 Å². The second-order valence-electron chi connectivity index (χ2n) is 5.95. The lowest BCUT2D eigenvalue weighted by Crippen LogP contribution is -2.44. The van der Waals surface area contributed by atoms with Crippen molar-refractivity contribution in [1.82, 2.24) is 4.90 Å². The van der Waals surface area contributed by atoms with E-state index in [0.29, 0.717) is 12.5 Å². The van der Waals surface area contributed by atoms with Crippen molar-refractivity contribution in [3.63, 3.8) is 0 Å². The molecule has 5 nitrogen and oxygen atoms in total. The molecule has 0 bridgehead atoms. The average Bonchev–Trinajstić information content (AvgIpc) is 3.05. The summed E-state index contributed by atoms with van der Waals surface area (Å²) in [5.74, 6) is -1.08. The summed E-state index contributed by atoms with van der Waals surface area (Å²) in [6.07, 6.45) is 1.79. The molecule has 0 saturated carbocycles. The number of nitrogens with zero attached hydrogens (tertiary/aromatic N) is 1. The van der Waals surface area contributed by atoms with Gasteiger partial charge in [-0.1, -0.05) is 30.3 Å². The predicted octanol–water partition coefficient (Wildman–Crippen LogP) is 3.39. The number of piperidine rings is 1. The molecule has 3 rings (SSSR count). The first-order chi connectivity index (χ1) is 11.1. The Hall–Kier alpha value is -2.56. The first kappa shape index (κ1) is 15.3. The maximum atomic E-state index is 12.5. The monoisotopic (exact) mass is 313 g/mol. The van der Waals surface area contributed by atoms with Gasteiger partial charge in [0.05, 0.1) is 0 Å². The largest absolute Gasteiger partial charge is 0.475 e. The second kappa shape index (κ2) is 6.28. The summed E-state index contributed by atoms with van der Waals surface area (Å²) in [4.78, 5) is 25.2. The molecule has 23 heavy (non-hydrogen) atoms. The van der Waals surface area contributed by atoms with Gasteiger partial charge in [-0.15, -0.1) is 0 Å². The SMILES string of the molecule is CC1CC(c2ccccc2)CCN1C(=O)c1ccc(C(=O)O)o1. The Labute approximate surface area is 134 Å². The first-order valence-electron chi connectivity index (χ1n) is 7.75. The number of amides is 1. The van der Waals surface area contributed by atoms with Crippen LogP contribution < -0.4 is 0 Å². The van der Waals surface area contributed by atoms with Gasteiger partial charge in [0.15, 0.2) is 5.76 Å². The van der Waals surface area contributed by atoms with Crippen molar-refractivity contribution in [3.05, 3.63) is 59.5 Å². The molecular weight excluding hydrogens is 294 g/mol. The van der Waals surface area contributed by atoms with Crippen molar-refractivity contribution in [2.75, 3.05) is 6.54 Å². The third-order valence-electron chi connectivity index (χ3n) is 4.44. The minimum Gasteiger partial charge on any atom is -0.475 e. The molecule has 2 atom stereocenters. The number of carbonyl (C=O) groups is 2. The molecule has 5 heteroatoms. The number of hydrogen-bond donors (Lipinski definition) is 1. The molecule has 1 amide bonds. The molecule has 1 aliphatic rings. The molecule has 120 valence electrons. The second-order valence-corrected chi connectivity index (χ2v) is 5.95. The van der Waals surface area contributed by atoms with E-state index >= 15 is 0 Å². The Morgan fingerprint density at radius 1 is 1.13 bits per heavy atom. The molecule has 2 unspecified atom stereocenters. The molecule has 2 aromatic rings. The fourth-order valence-electron chi connectivity index (χ4n) is 3.21. The predicted molar refractivity (Wildman–Crippen MR) is 84.6 cm³/mol. The number of carbonyl (C=O) groups excluding carboxylic acids is 1. The van der Waals surface area contributed by atoms with Gasteiger partial charge < -0.3 is 14.4 Å². The van der Waals surface area contributed by atoms with Crippen molar-refractivity contribution in [1.29, 1.82) is 0 Å². The van der Waals surface area contributed by atoms with Crippen LogP contribution in [-0.2, 0) is 0 Å². The molecule has 1 saturated heterocycles. The Morgan fingerprint density at radius 3 is 2.43 bits per heavy atom. The summed E-state index contributed by atoms with van der Waals surface area (Å²) in [5.41, 5.74) is 1.30. The van der Waals surface area contributed by atoms with E-state index < -0.39 is 5.97 Å². The van der Waals surface area contributed by atoms with Crippen LogP contribution in [0, 0.1) is 0 Å². The third-order valence-corrected chi connectivity index (χ3v) is 4.44. The van der Waals surface area contributed by atoms with Crippen LogP contribution in [0.25, 0.3) is 0 Å². The highest BCUT2D eigenvalue weighted by Crippen LogP contribution is 2.32. The minimum atomic E-state index is -1.17. The van der Waals surface area contributed by atoms with E-state index in [9.17, 15) is 9.59 Å². The normalized spacial score (nSPS) is 21.2. The first-order valence-corrected chi connectivity index (χ1v) is 7.75. The fourth-order valence-corrected chi connectivity index (χ4v) is 3.21. The van der Waals surface area contributed by atoms with E-state index in [2.05, 4.69) is 12.1 Å². The van der Waals surface area contributed by atoms with E-state index in [1.165, 1.54) is 17.7 Å². The van der Waals surface area contributed by atoms with Gasteiger partial charge in [-0.05, 0) is 43.4 Å². The topological polar surface area (TPSA) is 70.8 Å². The number of carboxylic acids is 1. The summed E-state index contributed by atoms with van der Waals surface area (Å²) in [6.45, 7) is 2.66. The molecule has 0 spiro atoms. The van der Waals surface area contributed by atoms with E-state index in [1.807, 2.05) is 25.1 Å². The van der Waals surface area contributed by atoms with Crippen LogP contribution in [-0.4, -0.2) is 34.5 Å². The molecule has 1 aromatic heterocycles. The molecule has 2 heterocycles. The molecule has 0 aliphatic carbocycles. The zero-order valence-electron chi connectivity index (χ0n) is 12.9. The van der Waals surface area contributed by atoms with E-state index in [1.54, 1.807) is 4.90 Å². The van der Waals surface area contributed by atoms with Gasteiger partial charge in [0.1, 0.15) is 0 Å². The highest BCUT2D eigenvalue weighted by atomic mass is 16.4. The van der Waals surface area contributed by atoms with Crippen LogP contribution in [0.5, 0.6) is 0 Å². The summed E-state index contributed by atoms with van der Waals surface area (Å²) < 4.78 is 5.13. The van der Waals surface area contributed by atoms with Crippen molar-refractivity contribution in [2.45, 2.75) is 31.7 Å². The Kier molecular flexibility index (Phi) is 4.19. The zero-order chi connectivity index (χ0) is 16.4. The Bertz CT molecular complexity index is 707. The number of aromatic carboxylic acids is 1. The number of furan rings is 1. The van der Waals surface area contributed by atoms with Gasteiger partial charge in [0.2, 0.25) is 5.76 Å². The van der Waals surface area contributed by atoms with Gasteiger partial charge in [-0.3, -0.25) is 4.79 Å². The smallest absolute Gasteiger partial charge is 0.371 e. The number of likely N-dealkylation sites (tertiary alicyclic amines) is 1. The van der Waals surface area contributed by atoms with E-state index in [4.69, 9.17) is 9.52 Å². The Balaban J connectivity index is 1.70. The highest BCUT2D eigenvalue weighted by Gasteiger charge is 2.31. The van der Waals surface area contributed by atoms with Crippen LogP contribution in [0.3, 0.4) is 0 Å². The molecule has 1 aromatic carbocycles. The third kappa shape index (κ3) is 3.13. The van der Waals surface area contributed by atoms with Gasteiger partial charge >= 0.3 is 5.97 Å². The van der Waals surface area contributed by atoms with Gasteiger partial charge in [0.25, 0.3) is 5.91 Å².